The minimum atomic E-state index is -0.0898. The number of rotatable bonds is 7. The van der Waals surface area contributed by atoms with E-state index < -0.39 is 0 Å². The topological polar surface area (TPSA) is 59.8 Å². The number of hydrogen-bond acceptors (Lipinski definition) is 3. The molecule has 5 nitrogen and oxygen atoms in total. The van der Waals surface area contributed by atoms with Crippen molar-refractivity contribution in [1.29, 1.82) is 0 Å². The highest BCUT2D eigenvalue weighted by Crippen LogP contribution is 2.19. The van der Waals surface area contributed by atoms with Gasteiger partial charge in [0.1, 0.15) is 13.1 Å². The van der Waals surface area contributed by atoms with Crippen molar-refractivity contribution < 1.29 is 18.5 Å². The van der Waals surface area contributed by atoms with Gasteiger partial charge in [0.15, 0.2) is 18.1 Å². The quantitative estimate of drug-likeness (QED) is 0.681. The number of quaternary nitrogens is 1. The molecule has 25 heavy (non-hydrogen) atoms. The van der Waals surface area contributed by atoms with E-state index >= 15 is 0 Å². The van der Waals surface area contributed by atoms with Crippen molar-refractivity contribution in [2.75, 3.05) is 11.9 Å². The van der Waals surface area contributed by atoms with Gasteiger partial charge in [0, 0.05) is 10.7 Å². The standard InChI is InChI=1S/C19H19ClN2O3/c1-14-6-7-15(10-18(14)20)21-19(23)13-22(11-16-4-2-8-24-16)12-17-5-3-9-25-17/h2-10H,11-13H2,1H3,(H,21,23)/p+1. The first-order valence-electron chi connectivity index (χ1n) is 8.04. The van der Waals surface area contributed by atoms with E-state index in [-0.39, 0.29) is 12.5 Å². The maximum atomic E-state index is 12.4. The Bertz CT molecular complexity index is 777. The molecule has 2 N–H and O–H groups in total. The van der Waals surface area contributed by atoms with Gasteiger partial charge in [0.25, 0.3) is 5.91 Å². The molecule has 130 valence electrons. The molecule has 0 saturated heterocycles. The van der Waals surface area contributed by atoms with Gasteiger partial charge < -0.3 is 19.1 Å². The fraction of sp³-hybridized carbons (Fsp3) is 0.211. The highest BCUT2D eigenvalue weighted by atomic mass is 35.5. The molecule has 0 unspecified atom stereocenters. The Hall–Kier alpha value is -2.50. The molecule has 0 radical (unpaired) electrons. The van der Waals surface area contributed by atoms with Gasteiger partial charge in [-0.1, -0.05) is 17.7 Å². The van der Waals surface area contributed by atoms with Gasteiger partial charge in [-0.2, -0.15) is 0 Å². The largest absolute Gasteiger partial charge is 0.463 e. The molecule has 1 aromatic carbocycles. The number of carbonyl (C=O) groups excluding carboxylic acids is 1. The van der Waals surface area contributed by atoms with E-state index in [0.717, 1.165) is 22.0 Å². The molecule has 0 atom stereocenters. The van der Waals surface area contributed by atoms with E-state index in [0.29, 0.717) is 23.8 Å². The van der Waals surface area contributed by atoms with E-state index in [4.69, 9.17) is 20.4 Å². The summed E-state index contributed by atoms with van der Waals surface area (Å²) in [7, 11) is 0. The second-order valence-electron chi connectivity index (χ2n) is 5.95. The lowest BCUT2D eigenvalue weighted by atomic mass is 10.2. The molecular weight excluding hydrogens is 340 g/mol. The summed E-state index contributed by atoms with van der Waals surface area (Å²) >= 11 is 6.11. The first-order chi connectivity index (χ1) is 12.1. The number of nitrogens with one attached hydrogen (secondary N) is 2. The van der Waals surface area contributed by atoms with Gasteiger partial charge in [0.2, 0.25) is 0 Å². The van der Waals surface area contributed by atoms with Crippen molar-refractivity contribution in [3.8, 4) is 0 Å². The fourth-order valence-electron chi connectivity index (χ4n) is 2.61. The van der Waals surface area contributed by atoms with Crippen molar-refractivity contribution in [3.05, 3.63) is 77.1 Å². The highest BCUT2D eigenvalue weighted by Gasteiger charge is 2.18. The molecule has 3 aromatic rings. The third-order valence-corrected chi connectivity index (χ3v) is 4.28. The summed E-state index contributed by atoms with van der Waals surface area (Å²) in [6.07, 6.45) is 3.27. The molecule has 0 aliphatic heterocycles. The van der Waals surface area contributed by atoms with Gasteiger partial charge in [0.05, 0.1) is 12.5 Å². The van der Waals surface area contributed by atoms with E-state index in [1.54, 1.807) is 18.6 Å². The maximum absolute atomic E-state index is 12.4. The molecule has 0 fully saturated rings. The van der Waals surface area contributed by atoms with Gasteiger partial charge in [-0.25, -0.2) is 0 Å². The number of amides is 1. The summed E-state index contributed by atoms with van der Waals surface area (Å²) in [5.41, 5.74) is 1.67. The first kappa shape index (κ1) is 17.3. The lowest BCUT2D eigenvalue weighted by Crippen LogP contribution is -3.10. The molecule has 0 aliphatic rings. The van der Waals surface area contributed by atoms with Crippen LogP contribution >= 0.6 is 11.6 Å². The fourth-order valence-corrected chi connectivity index (χ4v) is 2.79. The molecule has 2 heterocycles. The molecule has 0 spiro atoms. The van der Waals surface area contributed by atoms with Gasteiger partial charge >= 0.3 is 0 Å². The van der Waals surface area contributed by atoms with Crippen molar-refractivity contribution in [2.45, 2.75) is 20.0 Å². The summed E-state index contributed by atoms with van der Waals surface area (Å²) < 4.78 is 10.8. The van der Waals surface area contributed by atoms with E-state index in [2.05, 4.69) is 5.32 Å². The van der Waals surface area contributed by atoms with E-state index in [1.165, 1.54) is 0 Å². The zero-order valence-corrected chi connectivity index (χ0v) is 14.7. The lowest BCUT2D eigenvalue weighted by Gasteiger charge is -2.17. The zero-order chi connectivity index (χ0) is 17.6. The molecule has 0 saturated carbocycles. The molecule has 3 rings (SSSR count). The van der Waals surface area contributed by atoms with Crippen LogP contribution in [-0.4, -0.2) is 12.5 Å². The second kappa shape index (κ2) is 8.05. The molecule has 6 heteroatoms. The van der Waals surface area contributed by atoms with Crippen molar-refractivity contribution in [3.63, 3.8) is 0 Å². The average molecular weight is 360 g/mol. The Morgan fingerprint density at radius 2 is 1.72 bits per heavy atom. The number of halogens is 1. The summed E-state index contributed by atoms with van der Waals surface area (Å²) in [6.45, 7) is 3.39. The summed E-state index contributed by atoms with van der Waals surface area (Å²) in [6, 6.07) is 13.0. The van der Waals surface area contributed by atoms with Crippen LogP contribution < -0.4 is 10.2 Å². The number of aryl methyl sites for hydroxylation is 1. The maximum Gasteiger partial charge on any atom is 0.279 e. The highest BCUT2D eigenvalue weighted by molar-refractivity contribution is 6.31. The Morgan fingerprint density at radius 1 is 1.08 bits per heavy atom. The minimum Gasteiger partial charge on any atom is -0.463 e. The number of hydrogen-bond donors (Lipinski definition) is 2. The Morgan fingerprint density at radius 3 is 2.24 bits per heavy atom. The van der Waals surface area contributed by atoms with Crippen LogP contribution in [0, 0.1) is 6.92 Å². The van der Waals surface area contributed by atoms with E-state index in [9.17, 15) is 4.79 Å². The van der Waals surface area contributed by atoms with Crippen molar-refractivity contribution in [1.82, 2.24) is 0 Å². The van der Waals surface area contributed by atoms with Crippen LogP contribution in [0.15, 0.2) is 63.8 Å². The normalized spacial score (nSPS) is 11.0. The monoisotopic (exact) mass is 359 g/mol. The van der Waals surface area contributed by atoms with E-state index in [1.807, 2.05) is 43.3 Å². The SMILES string of the molecule is Cc1ccc(NC(=O)C[NH+](Cc2ccco2)Cc2ccco2)cc1Cl. The van der Waals surface area contributed by atoms with Crippen LogP contribution in [0.4, 0.5) is 5.69 Å². The van der Waals surface area contributed by atoms with Gasteiger partial charge in [-0.15, -0.1) is 0 Å². The number of furan rings is 2. The molecular formula is C19H20ClN2O3+. The second-order valence-corrected chi connectivity index (χ2v) is 6.36. The van der Waals surface area contributed by atoms with Crippen molar-refractivity contribution >= 4 is 23.2 Å². The van der Waals surface area contributed by atoms with Crippen LogP contribution in [0.1, 0.15) is 17.1 Å². The predicted molar refractivity (Wildman–Crippen MR) is 95.5 cm³/mol. The Balaban J connectivity index is 1.65. The number of carbonyl (C=O) groups is 1. The molecule has 0 bridgehead atoms. The molecule has 1 amide bonds. The Labute approximate surface area is 151 Å². The van der Waals surface area contributed by atoms with Crippen LogP contribution in [0.25, 0.3) is 0 Å². The zero-order valence-electron chi connectivity index (χ0n) is 13.9. The predicted octanol–water partition coefficient (Wildman–Crippen LogP) is 3.06. The summed E-state index contributed by atoms with van der Waals surface area (Å²) in [5.74, 6) is 1.56. The number of benzene rings is 1. The third kappa shape index (κ3) is 4.98. The summed E-state index contributed by atoms with van der Waals surface area (Å²) in [4.78, 5) is 13.5. The molecule has 2 aromatic heterocycles. The minimum absolute atomic E-state index is 0.0898. The van der Waals surface area contributed by atoms with Gasteiger partial charge in [-0.05, 0) is 48.9 Å². The summed E-state index contributed by atoms with van der Waals surface area (Å²) in [5, 5.41) is 3.53. The van der Waals surface area contributed by atoms with Crippen LogP contribution in [0.2, 0.25) is 5.02 Å². The van der Waals surface area contributed by atoms with Crippen molar-refractivity contribution in [2.24, 2.45) is 0 Å². The first-order valence-corrected chi connectivity index (χ1v) is 8.42. The molecule has 0 aliphatic carbocycles. The van der Waals surface area contributed by atoms with Crippen LogP contribution in [0.5, 0.6) is 0 Å². The third-order valence-electron chi connectivity index (χ3n) is 3.87. The smallest absolute Gasteiger partial charge is 0.279 e. The van der Waals surface area contributed by atoms with Crippen LogP contribution in [0.3, 0.4) is 0 Å². The van der Waals surface area contributed by atoms with Gasteiger partial charge in [-0.3, -0.25) is 4.79 Å². The average Bonchev–Trinajstić information content (AvgIpc) is 3.25. The lowest BCUT2D eigenvalue weighted by molar-refractivity contribution is -0.921. The Kier molecular flexibility index (Phi) is 5.58. The van der Waals surface area contributed by atoms with Crippen LogP contribution in [-0.2, 0) is 17.9 Å². The number of anilines is 1.